The van der Waals surface area contributed by atoms with Gasteiger partial charge in [0.1, 0.15) is 12.4 Å². The summed E-state index contributed by atoms with van der Waals surface area (Å²) in [7, 11) is 0. The van der Waals surface area contributed by atoms with Crippen LogP contribution in [0.25, 0.3) is 0 Å². The number of allylic oxidation sites excluding steroid dienone is 2. The van der Waals surface area contributed by atoms with Gasteiger partial charge in [0.2, 0.25) is 0 Å². The minimum Gasteiger partial charge on any atom is -0.489 e. The van der Waals surface area contributed by atoms with E-state index >= 15 is 0 Å². The molecule has 1 heterocycles. The van der Waals surface area contributed by atoms with Gasteiger partial charge in [0.05, 0.1) is 18.1 Å². The molecule has 0 spiro atoms. The zero-order chi connectivity index (χ0) is 21.1. The molecule has 1 saturated heterocycles. The highest BCUT2D eigenvalue weighted by atomic mass is 35.5. The fraction of sp³-hybridized carbons (Fsp3) is 0.320. The normalized spacial score (nSPS) is 32.5. The van der Waals surface area contributed by atoms with Gasteiger partial charge in [-0.3, -0.25) is 9.59 Å². The summed E-state index contributed by atoms with van der Waals surface area (Å²) < 4.78 is 5.79. The molecule has 0 unspecified atom stereocenters. The molecule has 7 rings (SSSR count). The van der Waals surface area contributed by atoms with Gasteiger partial charge in [-0.15, -0.1) is 0 Å². The second kappa shape index (κ2) is 7.06. The lowest BCUT2D eigenvalue weighted by atomic mass is 9.63. The van der Waals surface area contributed by atoms with Crippen molar-refractivity contribution in [2.24, 2.45) is 40.6 Å². The molecular weight excluding hydrogens is 412 g/mol. The fourth-order valence-electron chi connectivity index (χ4n) is 5.58. The third-order valence-corrected chi connectivity index (χ3v) is 7.41. The summed E-state index contributed by atoms with van der Waals surface area (Å²) in [4.78, 5) is 25.9. The lowest BCUT2D eigenvalue weighted by Gasteiger charge is -2.37. The molecule has 1 aliphatic heterocycles. The van der Waals surface area contributed by atoms with E-state index in [0.717, 1.165) is 28.3 Å². The van der Waals surface area contributed by atoms with Crippen LogP contribution in [0.4, 0.5) is 0 Å². The van der Waals surface area contributed by atoms with Crippen LogP contribution in [0.5, 0.6) is 5.75 Å². The minimum atomic E-state index is -0.216. The molecule has 5 aliphatic rings. The lowest BCUT2D eigenvalue weighted by Crippen LogP contribution is -2.40. The second-order valence-electron chi connectivity index (χ2n) is 8.87. The van der Waals surface area contributed by atoms with Crippen molar-refractivity contribution in [3.05, 3.63) is 76.8 Å². The number of halogens is 1. The van der Waals surface area contributed by atoms with Gasteiger partial charge in [0.15, 0.2) is 0 Å². The highest BCUT2D eigenvalue weighted by molar-refractivity contribution is 6.30. The third kappa shape index (κ3) is 3.10. The summed E-state index contributed by atoms with van der Waals surface area (Å²) in [6, 6.07) is 14.9. The molecular formula is C25H21ClN2O3. The Hall–Kier alpha value is -2.92. The Kier molecular flexibility index (Phi) is 4.29. The molecule has 4 aliphatic carbocycles. The summed E-state index contributed by atoms with van der Waals surface area (Å²) in [5, 5.41) is 6.08. The van der Waals surface area contributed by atoms with Gasteiger partial charge in [0.25, 0.3) is 11.8 Å². The van der Waals surface area contributed by atoms with Crippen LogP contribution >= 0.6 is 11.6 Å². The molecule has 5 nitrogen and oxygen atoms in total. The first-order valence-electron chi connectivity index (χ1n) is 10.7. The third-order valence-electron chi connectivity index (χ3n) is 7.16. The topological polar surface area (TPSA) is 59.0 Å². The summed E-state index contributed by atoms with van der Waals surface area (Å²) in [6.07, 6.45) is 7.07. The van der Waals surface area contributed by atoms with E-state index in [2.05, 4.69) is 17.3 Å². The molecule has 0 N–H and O–H groups in total. The van der Waals surface area contributed by atoms with E-state index in [4.69, 9.17) is 16.3 Å². The predicted molar refractivity (Wildman–Crippen MR) is 116 cm³/mol. The maximum atomic E-state index is 12.9. The van der Waals surface area contributed by atoms with Crippen LogP contribution in [-0.2, 0) is 16.2 Å². The number of hydrazone groups is 1. The largest absolute Gasteiger partial charge is 0.489 e. The molecule has 3 fully saturated rings. The molecule has 6 atom stereocenters. The van der Waals surface area contributed by atoms with Crippen LogP contribution < -0.4 is 4.74 Å². The van der Waals surface area contributed by atoms with Crippen molar-refractivity contribution in [3.63, 3.8) is 0 Å². The molecule has 0 radical (unpaired) electrons. The number of carbonyl (C=O) groups excluding carboxylic acids is 2. The maximum absolute atomic E-state index is 12.9. The van der Waals surface area contributed by atoms with E-state index in [0.29, 0.717) is 23.5 Å². The van der Waals surface area contributed by atoms with Crippen LogP contribution in [0.15, 0.2) is 65.8 Å². The first-order valence-corrected chi connectivity index (χ1v) is 11.1. The number of nitrogens with zero attached hydrogens (tertiary/aromatic N) is 2. The van der Waals surface area contributed by atoms with Crippen molar-refractivity contribution < 1.29 is 14.3 Å². The molecule has 2 bridgehead atoms. The van der Waals surface area contributed by atoms with Gasteiger partial charge >= 0.3 is 0 Å². The van der Waals surface area contributed by atoms with Crippen molar-refractivity contribution in [1.82, 2.24) is 5.01 Å². The SMILES string of the molecule is O=C1[C@H]2[C@@H]3C=C[C@H]([C@@H]4C[C@H]34)[C@@H]2C(=O)N1/N=C\c1ccc(OCc2ccc(Cl)cc2)cc1. The molecule has 31 heavy (non-hydrogen) atoms. The molecule has 6 heteroatoms. The van der Waals surface area contributed by atoms with E-state index in [-0.39, 0.29) is 35.5 Å². The average Bonchev–Trinajstić information content (AvgIpc) is 3.57. The second-order valence-corrected chi connectivity index (χ2v) is 9.31. The van der Waals surface area contributed by atoms with Crippen LogP contribution in [0.1, 0.15) is 17.5 Å². The van der Waals surface area contributed by atoms with Crippen molar-refractivity contribution in [2.45, 2.75) is 13.0 Å². The quantitative estimate of drug-likeness (QED) is 0.402. The van der Waals surface area contributed by atoms with Gasteiger partial charge in [-0.05, 0) is 77.6 Å². The van der Waals surface area contributed by atoms with Gasteiger partial charge in [-0.25, -0.2) is 0 Å². The Labute approximate surface area is 185 Å². The fourth-order valence-corrected chi connectivity index (χ4v) is 5.70. The first-order chi connectivity index (χ1) is 15.1. The summed E-state index contributed by atoms with van der Waals surface area (Å²) in [5.41, 5.74) is 1.84. The van der Waals surface area contributed by atoms with Crippen molar-refractivity contribution >= 4 is 29.6 Å². The van der Waals surface area contributed by atoms with E-state index in [1.54, 1.807) is 6.21 Å². The van der Waals surface area contributed by atoms with Gasteiger partial charge in [-0.2, -0.15) is 10.1 Å². The molecule has 156 valence electrons. The highest BCUT2D eigenvalue weighted by Crippen LogP contribution is 2.65. The molecule has 2 aromatic rings. The first kappa shape index (κ1) is 18.8. The smallest absolute Gasteiger partial charge is 0.254 e. The summed E-state index contributed by atoms with van der Waals surface area (Å²) in [6.45, 7) is 0.447. The number of hydrogen-bond acceptors (Lipinski definition) is 4. The van der Waals surface area contributed by atoms with E-state index in [1.165, 1.54) is 0 Å². The standard InChI is InChI=1S/C25H21ClN2O3/c26-16-5-1-15(2-6-16)13-31-17-7-3-14(4-8-17)12-27-28-24(29)22-18-9-10-19(21-11-20(18)21)23(22)25(28)30/h1-10,12,18-23H,11,13H2/b27-12-/t18-,19-,20-,21+,22+,23+/m1/s1. The van der Waals surface area contributed by atoms with E-state index in [1.807, 2.05) is 48.5 Å². The van der Waals surface area contributed by atoms with Crippen molar-refractivity contribution in [2.75, 3.05) is 0 Å². The zero-order valence-corrected chi connectivity index (χ0v) is 17.5. The average molecular weight is 433 g/mol. The number of hydrogen-bond donors (Lipinski definition) is 0. The Morgan fingerprint density at radius 1 is 0.935 bits per heavy atom. The van der Waals surface area contributed by atoms with Crippen LogP contribution in [0, 0.1) is 35.5 Å². The molecule has 2 saturated carbocycles. The van der Waals surface area contributed by atoms with Gasteiger partial charge in [-0.1, -0.05) is 35.9 Å². The maximum Gasteiger partial charge on any atom is 0.254 e. The minimum absolute atomic E-state index is 0.140. The lowest BCUT2D eigenvalue weighted by molar-refractivity contribution is -0.140. The zero-order valence-electron chi connectivity index (χ0n) is 16.7. The van der Waals surface area contributed by atoms with Gasteiger partial charge < -0.3 is 4.74 Å². The summed E-state index contributed by atoms with van der Waals surface area (Å²) in [5.74, 6) is 1.64. The number of carbonyl (C=O) groups is 2. The Morgan fingerprint density at radius 3 is 2.16 bits per heavy atom. The van der Waals surface area contributed by atoms with Gasteiger partial charge in [0, 0.05) is 5.02 Å². The highest BCUT2D eigenvalue weighted by Gasteiger charge is 2.67. The number of imide groups is 1. The van der Waals surface area contributed by atoms with Crippen molar-refractivity contribution in [1.29, 1.82) is 0 Å². The van der Waals surface area contributed by atoms with Crippen molar-refractivity contribution in [3.8, 4) is 5.75 Å². The Balaban J connectivity index is 1.12. The predicted octanol–water partition coefficient (Wildman–Crippen LogP) is 4.31. The Bertz CT molecular complexity index is 1070. The van der Waals surface area contributed by atoms with Crippen LogP contribution in [0.3, 0.4) is 0 Å². The van der Waals surface area contributed by atoms with E-state index in [9.17, 15) is 9.59 Å². The Morgan fingerprint density at radius 2 is 1.55 bits per heavy atom. The summed E-state index contributed by atoms with van der Waals surface area (Å²) >= 11 is 5.90. The molecule has 0 aromatic heterocycles. The molecule has 2 amide bonds. The van der Waals surface area contributed by atoms with Crippen LogP contribution in [-0.4, -0.2) is 23.0 Å². The number of benzene rings is 2. The molecule has 2 aromatic carbocycles. The number of ether oxygens (including phenoxy) is 1. The van der Waals surface area contributed by atoms with Crippen LogP contribution in [0.2, 0.25) is 5.02 Å². The van der Waals surface area contributed by atoms with E-state index < -0.39 is 0 Å². The number of rotatable bonds is 5. The monoisotopic (exact) mass is 432 g/mol. The number of amides is 2.